The largest absolute Gasteiger partial charge is 1.00 e. The quantitative estimate of drug-likeness (QED) is 0.156. The fourth-order valence-electron chi connectivity index (χ4n) is 0.580. The third-order valence-electron chi connectivity index (χ3n) is 1.29. The molecule has 0 aromatic heterocycles. The van der Waals surface area contributed by atoms with E-state index in [2.05, 4.69) is 11.3 Å². The van der Waals surface area contributed by atoms with E-state index in [-0.39, 0.29) is 55.0 Å². The van der Waals surface area contributed by atoms with E-state index in [1.165, 1.54) is 6.92 Å². The molecular weight excluding hydrogens is 247 g/mol. The van der Waals surface area contributed by atoms with E-state index in [1.807, 2.05) is 0 Å². The summed E-state index contributed by atoms with van der Waals surface area (Å²) in [5.74, 6) is -1.11. The third kappa shape index (κ3) is 12.2. The molecule has 0 bridgehead atoms. The van der Waals surface area contributed by atoms with Crippen molar-refractivity contribution in [2.24, 2.45) is 0 Å². The molecule has 0 rings (SSSR count). The van der Waals surface area contributed by atoms with Crippen molar-refractivity contribution in [3.05, 3.63) is 12.2 Å². The van der Waals surface area contributed by atoms with Crippen LogP contribution in [0.15, 0.2) is 12.2 Å². The minimum absolute atomic E-state index is 0. The molecule has 0 saturated heterocycles. The molecule has 0 atom stereocenters. The van der Waals surface area contributed by atoms with Gasteiger partial charge in [-0.3, -0.25) is 0 Å². The van der Waals surface area contributed by atoms with E-state index in [4.69, 9.17) is 4.74 Å². The smallest absolute Gasteiger partial charge is 0.748 e. The third-order valence-corrected chi connectivity index (χ3v) is 1.95. The predicted molar refractivity (Wildman–Crippen MR) is 51.2 cm³/mol. The van der Waals surface area contributed by atoms with Crippen molar-refractivity contribution < 1.29 is 56.8 Å². The van der Waals surface area contributed by atoms with E-state index in [9.17, 15) is 17.8 Å². The zero-order chi connectivity index (χ0) is 11.9. The fourth-order valence-corrected chi connectivity index (χ4v) is 0.902. The van der Waals surface area contributed by atoms with Crippen LogP contribution in [0.4, 0.5) is 0 Å². The molecule has 88 valence electrons. The van der Waals surface area contributed by atoms with Crippen LogP contribution >= 0.6 is 0 Å². The molecule has 0 amide bonds. The van der Waals surface area contributed by atoms with Crippen LogP contribution in [0, 0.1) is 0 Å². The number of hydrogen-bond donors (Lipinski definition) is 0. The normalized spacial score (nSPS) is 10.4. The predicted octanol–water partition coefficient (Wildman–Crippen LogP) is -3.33. The van der Waals surface area contributed by atoms with Crippen LogP contribution in [0.25, 0.3) is 0 Å². The van der Waals surface area contributed by atoms with Crippen LogP contribution in [-0.2, 0) is 24.4 Å². The summed E-state index contributed by atoms with van der Waals surface area (Å²) in [6.45, 7) is 4.73. The number of esters is 1. The van der Waals surface area contributed by atoms with Crippen molar-refractivity contribution in [1.29, 1.82) is 0 Å². The van der Waals surface area contributed by atoms with Crippen molar-refractivity contribution in [2.45, 2.75) is 6.92 Å². The van der Waals surface area contributed by atoms with Gasteiger partial charge in [0.15, 0.2) is 0 Å². The van der Waals surface area contributed by atoms with Crippen LogP contribution in [0.1, 0.15) is 6.92 Å². The summed E-state index contributed by atoms with van der Waals surface area (Å²) in [6, 6.07) is 0. The van der Waals surface area contributed by atoms with E-state index < -0.39 is 21.8 Å². The summed E-state index contributed by atoms with van der Waals surface area (Å²) in [5, 5.41) is 0. The molecule has 0 aliphatic heterocycles. The maximum atomic E-state index is 10.8. The van der Waals surface area contributed by atoms with E-state index >= 15 is 0 Å². The summed E-state index contributed by atoms with van der Waals surface area (Å²) >= 11 is 0. The number of rotatable bonds is 7. The molecule has 8 heteroatoms. The number of carbonyl (C=O) groups is 1. The molecule has 6 nitrogen and oxygen atoms in total. The minimum Gasteiger partial charge on any atom is -0.748 e. The number of carbonyl (C=O) groups excluding carboxylic acids is 1. The Labute approximate surface area is 117 Å². The van der Waals surface area contributed by atoms with Gasteiger partial charge in [0.05, 0.1) is 29.1 Å². The second kappa shape index (κ2) is 9.15. The summed E-state index contributed by atoms with van der Waals surface area (Å²) in [5.41, 5.74) is 0.275. The SMILES string of the molecule is C=C(C)C(=O)OCCOCCS(=O)(=O)[O-].[Na+]. The minimum atomic E-state index is -4.24. The zero-order valence-corrected chi connectivity index (χ0v) is 12.2. The van der Waals surface area contributed by atoms with Gasteiger partial charge in [-0.2, -0.15) is 0 Å². The molecule has 0 unspecified atom stereocenters. The Balaban J connectivity index is 0. The maximum Gasteiger partial charge on any atom is 1.00 e. The van der Waals surface area contributed by atoms with Gasteiger partial charge in [0.25, 0.3) is 0 Å². The van der Waals surface area contributed by atoms with Gasteiger partial charge < -0.3 is 14.0 Å². The monoisotopic (exact) mass is 260 g/mol. The number of ether oxygens (including phenoxy) is 2. The van der Waals surface area contributed by atoms with Crippen LogP contribution in [0.5, 0.6) is 0 Å². The van der Waals surface area contributed by atoms with Crippen LogP contribution in [-0.4, -0.2) is 44.5 Å². The van der Waals surface area contributed by atoms with Gasteiger partial charge in [-0.15, -0.1) is 0 Å². The van der Waals surface area contributed by atoms with E-state index in [0.717, 1.165) is 0 Å². The first-order chi connectivity index (χ1) is 6.83. The summed E-state index contributed by atoms with van der Waals surface area (Å²) in [4.78, 5) is 10.8. The van der Waals surface area contributed by atoms with Gasteiger partial charge in [-0.1, -0.05) is 6.58 Å². The van der Waals surface area contributed by atoms with Gasteiger partial charge in [-0.05, 0) is 6.92 Å². The van der Waals surface area contributed by atoms with Gasteiger partial charge >= 0.3 is 35.5 Å². The van der Waals surface area contributed by atoms with Gasteiger partial charge in [-0.25, -0.2) is 13.2 Å². The number of hydrogen-bond acceptors (Lipinski definition) is 6. The second-order valence-electron chi connectivity index (χ2n) is 2.79. The molecule has 0 N–H and O–H groups in total. The molecule has 0 aliphatic carbocycles. The Morgan fingerprint density at radius 3 is 2.31 bits per heavy atom. The Kier molecular flexibility index (Phi) is 10.5. The molecule has 0 saturated carbocycles. The molecule has 0 aromatic rings. The second-order valence-corrected chi connectivity index (χ2v) is 4.31. The molecule has 0 aliphatic rings. The van der Waals surface area contributed by atoms with E-state index in [0.29, 0.717) is 0 Å². The summed E-state index contributed by atoms with van der Waals surface area (Å²) in [7, 11) is -4.24. The molecule has 0 aromatic carbocycles. The first-order valence-electron chi connectivity index (χ1n) is 4.17. The van der Waals surface area contributed by atoms with Gasteiger partial charge in [0, 0.05) is 5.57 Å². The molecular formula is C8H13NaO6S. The van der Waals surface area contributed by atoms with Crippen molar-refractivity contribution >= 4 is 16.1 Å². The standard InChI is InChI=1S/C8H14O6S.Na/c1-7(2)8(9)14-4-3-13-5-6-15(10,11)12;/h1,3-6H2,2H3,(H,10,11,12);/q;+1/p-1. The van der Waals surface area contributed by atoms with E-state index in [1.54, 1.807) is 0 Å². The molecule has 0 radical (unpaired) electrons. The molecule has 0 spiro atoms. The van der Waals surface area contributed by atoms with Crippen LogP contribution < -0.4 is 29.6 Å². The van der Waals surface area contributed by atoms with Crippen LogP contribution in [0.2, 0.25) is 0 Å². The molecule has 0 fully saturated rings. The first-order valence-corrected chi connectivity index (χ1v) is 5.74. The van der Waals surface area contributed by atoms with Crippen molar-refractivity contribution in [2.75, 3.05) is 25.6 Å². The maximum absolute atomic E-state index is 10.8. The fraction of sp³-hybridized carbons (Fsp3) is 0.625. The first kappa shape index (κ1) is 18.4. The topological polar surface area (TPSA) is 92.7 Å². The molecule has 0 heterocycles. The average Bonchev–Trinajstić information content (AvgIpc) is 2.08. The van der Waals surface area contributed by atoms with Crippen molar-refractivity contribution in [3.8, 4) is 0 Å². The van der Waals surface area contributed by atoms with Crippen molar-refractivity contribution in [1.82, 2.24) is 0 Å². The Hall–Kier alpha value is 0.0800. The molecule has 16 heavy (non-hydrogen) atoms. The summed E-state index contributed by atoms with van der Waals surface area (Å²) in [6.07, 6.45) is 0. The summed E-state index contributed by atoms with van der Waals surface area (Å²) < 4.78 is 39.8. The van der Waals surface area contributed by atoms with Crippen LogP contribution in [0.3, 0.4) is 0 Å². The average molecular weight is 260 g/mol. The zero-order valence-electron chi connectivity index (χ0n) is 9.39. The Bertz CT molecular complexity index is 323. The van der Waals surface area contributed by atoms with Gasteiger partial charge in [0.1, 0.15) is 6.61 Å². The Morgan fingerprint density at radius 2 is 1.88 bits per heavy atom. The van der Waals surface area contributed by atoms with Gasteiger partial charge in [0.2, 0.25) is 0 Å². The van der Waals surface area contributed by atoms with Crippen molar-refractivity contribution in [3.63, 3.8) is 0 Å². The Morgan fingerprint density at radius 1 is 1.31 bits per heavy atom.